The summed E-state index contributed by atoms with van der Waals surface area (Å²) >= 11 is 0. The number of hydrogen-bond donors (Lipinski definition) is 2. The highest BCUT2D eigenvalue weighted by Gasteiger charge is 2.32. The summed E-state index contributed by atoms with van der Waals surface area (Å²) in [7, 11) is 0. The standard InChI is InChI=1S/C23H29N5O4/c1-23(2,3)32-22(31)27-13-17-18(14-27)25-21(24-9-11-29)26-20(17)15-6-4-7-16(12-15)28-10-5-8-19(28)30/h4,6-7,12,29H,5,8-11,13-14H2,1-3H3,(H,24,25,26). The van der Waals surface area contributed by atoms with Crippen LogP contribution in [-0.4, -0.2) is 57.3 Å². The van der Waals surface area contributed by atoms with Crippen LogP contribution in [0, 0.1) is 0 Å². The molecule has 4 rings (SSSR count). The molecule has 1 aromatic carbocycles. The lowest BCUT2D eigenvalue weighted by molar-refractivity contribution is -0.117. The topological polar surface area (TPSA) is 108 Å². The minimum atomic E-state index is -0.592. The minimum Gasteiger partial charge on any atom is -0.444 e. The Balaban J connectivity index is 1.69. The van der Waals surface area contributed by atoms with Gasteiger partial charge in [-0.2, -0.15) is 0 Å². The van der Waals surface area contributed by atoms with Crippen molar-refractivity contribution in [3.63, 3.8) is 0 Å². The highest BCUT2D eigenvalue weighted by Crippen LogP contribution is 2.34. The summed E-state index contributed by atoms with van der Waals surface area (Å²) in [5, 5.41) is 12.2. The summed E-state index contributed by atoms with van der Waals surface area (Å²) in [5.74, 6) is 0.512. The van der Waals surface area contributed by atoms with Crippen LogP contribution in [0.5, 0.6) is 0 Å². The minimum absolute atomic E-state index is 0.0492. The number of amides is 2. The molecule has 1 fully saturated rings. The second-order valence-corrected chi connectivity index (χ2v) is 9.01. The third-order valence-corrected chi connectivity index (χ3v) is 5.33. The van der Waals surface area contributed by atoms with Crippen molar-refractivity contribution in [3.05, 3.63) is 35.5 Å². The zero-order valence-corrected chi connectivity index (χ0v) is 18.7. The van der Waals surface area contributed by atoms with Gasteiger partial charge in [-0.15, -0.1) is 0 Å². The SMILES string of the molecule is CC(C)(C)OC(=O)N1Cc2nc(NCCO)nc(-c3cccc(N4CCCC4=O)c3)c2C1. The Labute approximate surface area is 187 Å². The van der Waals surface area contributed by atoms with Gasteiger partial charge in [-0.25, -0.2) is 14.8 Å². The number of carbonyl (C=O) groups is 2. The van der Waals surface area contributed by atoms with Gasteiger partial charge in [0.2, 0.25) is 11.9 Å². The van der Waals surface area contributed by atoms with Crippen LogP contribution in [0.25, 0.3) is 11.3 Å². The quantitative estimate of drug-likeness (QED) is 0.737. The van der Waals surface area contributed by atoms with Crippen molar-refractivity contribution < 1.29 is 19.4 Å². The molecule has 1 aromatic heterocycles. The summed E-state index contributed by atoms with van der Waals surface area (Å²) < 4.78 is 5.54. The molecule has 1 saturated heterocycles. The Kier molecular flexibility index (Phi) is 6.01. The molecule has 3 heterocycles. The van der Waals surface area contributed by atoms with Gasteiger partial charge >= 0.3 is 6.09 Å². The summed E-state index contributed by atoms with van der Waals surface area (Å²) in [4.78, 5) is 37.5. The Morgan fingerprint density at radius 3 is 2.75 bits per heavy atom. The first kappa shape index (κ1) is 22.0. The number of hydrogen-bond acceptors (Lipinski definition) is 7. The van der Waals surface area contributed by atoms with E-state index in [1.807, 2.05) is 45.0 Å². The smallest absolute Gasteiger partial charge is 0.410 e. The molecular formula is C23H29N5O4. The maximum atomic E-state index is 12.7. The number of anilines is 2. The molecule has 0 bridgehead atoms. The lowest BCUT2D eigenvalue weighted by Gasteiger charge is -2.24. The molecule has 9 nitrogen and oxygen atoms in total. The van der Waals surface area contributed by atoms with Gasteiger partial charge < -0.3 is 20.1 Å². The molecule has 170 valence electrons. The number of rotatable bonds is 5. The van der Waals surface area contributed by atoms with Crippen LogP contribution < -0.4 is 10.2 Å². The summed E-state index contributed by atoms with van der Waals surface area (Å²) in [6.07, 6.45) is 1.02. The third kappa shape index (κ3) is 4.67. The van der Waals surface area contributed by atoms with E-state index in [1.54, 1.807) is 9.80 Å². The molecule has 32 heavy (non-hydrogen) atoms. The van der Waals surface area contributed by atoms with E-state index < -0.39 is 11.7 Å². The van der Waals surface area contributed by atoms with Crippen molar-refractivity contribution in [1.82, 2.24) is 14.9 Å². The molecule has 0 saturated carbocycles. The zero-order chi connectivity index (χ0) is 22.9. The molecule has 9 heteroatoms. The zero-order valence-electron chi connectivity index (χ0n) is 18.7. The molecule has 2 aliphatic rings. The number of aliphatic hydroxyl groups is 1. The van der Waals surface area contributed by atoms with E-state index in [0.29, 0.717) is 44.2 Å². The van der Waals surface area contributed by atoms with Crippen LogP contribution in [0.15, 0.2) is 24.3 Å². The number of ether oxygens (including phenoxy) is 1. The Morgan fingerprint density at radius 1 is 1.25 bits per heavy atom. The predicted molar refractivity (Wildman–Crippen MR) is 120 cm³/mol. The van der Waals surface area contributed by atoms with Gasteiger partial charge in [0.1, 0.15) is 5.60 Å². The largest absolute Gasteiger partial charge is 0.444 e. The molecule has 0 spiro atoms. The number of nitrogens with zero attached hydrogens (tertiary/aromatic N) is 4. The van der Waals surface area contributed by atoms with E-state index in [4.69, 9.17) is 9.72 Å². The van der Waals surface area contributed by atoms with E-state index in [0.717, 1.165) is 28.9 Å². The van der Waals surface area contributed by atoms with Gasteiger partial charge in [-0.05, 0) is 39.3 Å². The van der Waals surface area contributed by atoms with Crippen molar-refractivity contribution >= 4 is 23.6 Å². The number of aromatic nitrogens is 2. The van der Waals surface area contributed by atoms with Crippen molar-refractivity contribution in [2.75, 3.05) is 29.9 Å². The molecule has 2 amide bonds. The number of fused-ring (bicyclic) bond motifs is 1. The van der Waals surface area contributed by atoms with Crippen LogP contribution in [0.4, 0.5) is 16.4 Å². The number of aliphatic hydroxyl groups excluding tert-OH is 1. The second kappa shape index (κ2) is 8.74. The van der Waals surface area contributed by atoms with Crippen molar-refractivity contribution in [2.45, 2.75) is 52.3 Å². The Bertz CT molecular complexity index is 1030. The predicted octanol–water partition coefficient (Wildman–Crippen LogP) is 2.93. The first-order valence-electron chi connectivity index (χ1n) is 10.9. The number of benzene rings is 1. The lowest BCUT2D eigenvalue weighted by atomic mass is 10.0. The first-order valence-corrected chi connectivity index (χ1v) is 10.9. The molecule has 0 aliphatic carbocycles. The van der Waals surface area contributed by atoms with Gasteiger partial charge in [0.05, 0.1) is 31.1 Å². The fourth-order valence-corrected chi connectivity index (χ4v) is 3.94. The molecule has 2 N–H and O–H groups in total. The third-order valence-electron chi connectivity index (χ3n) is 5.33. The number of nitrogens with one attached hydrogen (secondary N) is 1. The van der Waals surface area contributed by atoms with Crippen LogP contribution in [-0.2, 0) is 22.6 Å². The van der Waals surface area contributed by atoms with Crippen molar-refractivity contribution in [3.8, 4) is 11.3 Å². The van der Waals surface area contributed by atoms with Gasteiger partial charge in [-0.3, -0.25) is 9.69 Å². The average molecular weight is 440 g/mol. The van der Waals surface area contributed by atoms with Crippen LogP contribution >= 0.6 is 0 Å². The summed E-state index contributed by atoms with van der Waals surface area (Å²) in [6, 6.07) is 7.73. The molecule has 2 aliphatic heterocycles. The highest BCUT2D eigenvalue weighted by molar-refractivity contribution is 5.96. The van der Waals surface area contributed by atoms with E-state index in [1.165, 1.54) is 0 Å². The van der Waals surface area contributed by atoms with E-state index in [9.17, 15) is 14.7 Å². The highest BCUT2D eigenvalue weighted by atomic mass is 16.6. The molecule has 2 aromatic rings. The molecule has 0 radical (unpaired) electrons. The van der Waals surface area contributed by atoms with E-state index in [-0.39, 0.29) is 12.5 Å². The summed E-state index contributed by atoms with van der Waals surface area (Å²) in [6.45, 7) is 7.14. The maximum absolute atomic E-state index is 12.7. The van der Waals surface area contributed by atoms with Gasteiger partial charge in [0, 0.05) is 36.3 Å². The van der Waals surface area contributed by atoms with Gasteiger partial charge in [0.25, 0.3) is 0 Å². The van der Waals surface area contributed by atoms with Crippen LogP contribution in [0.2, 0.25) is 0 Å². The maximum Gasteiger partial charge on any atom is 0.410 e. The molecular weight excluding hydrogens is 410 g/mol. The fourth-order valence-electron chi connectivity index (χ4n) is 3.94. The Hall–Kier alpha value is -3.20. The lowest BCUT2D eigenvalue weighted by Crippen LogP contribution is -2.33. The number of carbonyl (C=O) groups excluding carboxylic acids is 2. The van der Waals surface area contributed by atoms with Crippen LogP contribution in [0.3, 0.4) is 0 Å². The monoisotopic (exact) mass is 439 g/mol. The first-order chi connectivity index (χ1) is 15.2. The van der Waals surface area contributed by atoms with Crippen molar-refractivity contribution in [2.24, 2.45) is 0 Å². The van der Waals surface area contributed by atoms with Crippen molar-refractivity contribution in [1.29, 1.82) is 0 Å². The van der Waals surface area contributed by atoms with E-state index in [2.05, 4.69) is 10.3 Å². The Morgan fingerprint density at radius 2 is 2.06 bits per heavy atom. The average Bonchev–Trinajstić information content (AvgIpc) is 3.36. The molecule has 0 atom stereocenters. The fraction of sp³-hybridized carbons (Fsp3) is 0.478. The summed E-state index contributed by atoms with van der Waals surface area (Å²) in [5.41, 5.74) is 3.39. The molecule has 0 unspecified atom stereocenters. The van der Waals surface area contributed by atoms with Crippen LogP contribution in [0.1, 0.15) is 44.9 Å². The van der Waals surface area contributed by atoms with E-state index >= 15 is 0 Å². The normalized spacial score (nSPS) is 15.8. The van der Waals surface area contributed by atoms with Gasteiger partial charge in [-0.1, -0.05) is 12.1 Å². The van der Waals surface area contributed by atoms with Gasteiger partial charge in [0.15, 0.2) is 0 Å². The second-order valence-electron chi connectivity index (χ2n) is 9.01.